The summed E-state index contributed by atoms with van der Waals surface area (Å²) in [6, 6.07) is 1.23. The van der Waals surface area contributed by atoms with E-state index < -0.39 is 23.8 Å². The Kier molecular flexibility index (Phi) is 3.88. The highest BCUT2D eigenvalue weighted by molar-refractivity contribution is 7.10. The van der Waals surface area contributed by atoms with Crippen LogP contribution in [0.1, 0.15) is 37.3 Å². The molecule has 2 heterocycles. The zero-order valence-corrected chi connectivity index (χ0v) is 13.1. The molecule has 110 valence electrons. The Bertz CT molecular complexity index is 537. The van der Waals surface area contributed by atoms with E-state index >= 15 is 0 Å². The molecular formula is C14H19NO4S. The van der Waals surface area contributed by atoms with Crippen LogP contribution in [0.25, 0.3) is 0 Å². The lowest BCUT2D eigenvalue weighted by molar-refractivity contribution is -0.155. The van der Waals surface area contributed by atoms with Crippen molar-refractivity contribution in [1.82, 2.24) is 4.90 Å². The van der Waals surface area contributed by atoms with Crippen molar-refractivity contribution in [2.75, 3.05) is 7.11 Å². The number of hydrogen-bond donors (Lipinski definition) is 0. The number of nitrogens with zero attached hydrogens (tertiary/aromatic N) is 1. The fourth-order valence-electron chi connectivity index (χ4n) is 2.64. The second kappa shape index (κ2) is 5.18. The summed E-state index contributed by atoms with van der Waals surface area (Å²) in [4.78, 5) is 26.4. The van der Waals surface area contributed by atoms with E-state index in [0.29, 0.717) is 0 Å². The van der Waals surface area contributed by atoms with E-state index in [4.69, 9.17) is 9.47 Å². The van der Waals surface area contributed by atoms with E-state index in [2.05, 4.69) is 0 Å². The molecule has 1 aromatic rings. The van der Waals surface area contributed by atoms with E-state index in [1.807, 2.05) is 18.4 Å². The number of carbonyl (C=O) groups is 2. The van der Waals surface area contributed by atoms with Gasteiger partial charge in [0.05, 0.1) is 7.11 Å². The molecule has 1 saturated heterocycles. The lowest BCUT2D eigenvalue weighted by atomic mass is 10.1. The summed E-state index contributed by atoms with van der Waals surface area (Å²) < 4.78 is 10.8. The lowest BCUT2D eigenvalue weighted by Crippen LogP contribution is -2.50. The summed E-state index contributed by atoms with van der Waals surface area (Å²) >= 11 is 1.52. The quantitative estimate of drug-likeness (QED) is 0.786. The molecule has 0 saturated carbocycles. The van der Waals surface area contributed by atoms with Gasteiger partial charge in [0.15, 0.2) is 6.04 Å². The van der Waals surface area contributed by atoms with E-state index in [1.165, 1.54) is 30.3 Å². The number of esters is 1. The van der Waals surface area contributed by atoms with Crippen LogP contribution in [0.4, 0.5) is 0 Å². The zero-order valence-electron chi connectivity index (χ0n) is 12.3. The second-order valence-corrected chi connectivity index (χ2v) is 6.31. The van der Waals surface area contributed by atoms with E-state index in [-0.39, 0.29) is 5.91 Å². The SMILES string of the molecule is COC(=O)[C@@H]1[C@@H](c2cc(C)cs2)OC(C)(C)N1C(C)=O. The average Bonchev–Trinajstić information content (AvgIpc) is 2.88. The molecule has 1 aliphatic rings. The van der Waals surface area contributed by atoms with E-state index in [0.717, 1.165) is 10.4 Å². The highest BCUT2D eigenvalue weighted by Gasteiger charge is 2.53. The molecule has 2 rings (SSSR count). The molecular weight excluding hydrogens is 278 g/mol. The van der Waals surface area contributed by atoms with Gasteiger partial charge in [-0.1, -0.05) is 0 Å². The van der Waals surface area contributed by atoms with Crippen molar-refractivity contribution in [2.45, 2.75) is 45.6 Å². The largest absolute Gasteiger partial charge is 0.467 e. The molecule has 1 aromatic heterocycles. The Morgan fingerprint density at radius 3 is 2.55 bits per heavy atom. The first-order valence-corrected chi connectivity index (χ1v) is 7.26. The number of amides is 1. The normalized spacial score (nSPS) is 24.8. The summed E-state index contributed by atoms with van der Waals surface area (Å²) in [5.41, 5.74) is 0.268. The molecule has 0 aliphatic carbocycles. The Morgan fingerprint density at radius 2 is 2.10 bits per heavy atom. The molecule has 20 heavy (non-hydrogen) atoms. The van der Waals surface area contributed by atoms with Crippen LogP contribution in [-0.2, 0) is 19.1 Å². The van der Waals surface area contributed by atoms with Gasteiger partial charge in [0.25, 0.3) is 0 Å². The molecule has 0 aromatic carbocycles. The van der Waals surface area contributed by atoms with Gasteiger partial charge in [-0.25, -0.2) is 4.79 Å². The Hall–Kier alpha value is -1.40. The molecule has 0 spiro atoms. The average molecular weight is 297 g/mol. The third kappa shape index (κ3) is 2.45. The van der Waals surface area contributed by atoms with Crippen molar-refractivity contribution >= 4 is 23.2 Å². The smallest absolute Gasteiger partial charge is 0.331 e. The van der Waals surface area contributed by atoms with E-state index in [1.54, 1.807) is 13.8 Å². The minimum absolute atomic E-state index is 0.207. The molecule has 0 bridgehead atoms. The molecule has 0 unspecified atom stereocenters. The lowest BCUT2D eigenvalue weighted by Gasteiger charge is -2.31. The van der Waals surface area contributed by atoms with Crippen LogP contribution in [0.2, 0.25) is 0 Å². The summed E-state index contributed by atoms with van der Waals surface area (Å²) in [6.45, 7) is 6.98. The number of thiophene rings is 1. The molecule has 2 atom stereocenters. The first-order valence-electron chi connectivity index (χ1n) is 6.38. The van der Waals surface area contributed by atoms with Gasteiger partial charge >= 0.3 is 5.97 Å². The van der Waals surface area contributed by atoms with Crippen LogP contribution >= 0.6 is 11.3 Å². The van der Waals surface area contributed by atoms with Crippen molar-refractivity contribution in [3.63, 3.8) is 0 Å². The first kappa shape index (κ1) is 15.0. The summed E-state index contributed by atoms with van der Waals surface area (Å²) in [5, 5.41) is 2.00. The molecule has 1 aliphatic heterocycles. The third-order valence-corrected chi connectivity index (χ3v) is 4.49. The third-order valence-electron chi connectivity index (χ3n) is 3.37. The van der Waals surface area contributed by atoms with Gasteiger partial charge in [0, 0.05) is 11.8 Å². The maximum Gasteiger partial charge on any atom is 0.331 e. The van der Waals surface area contributed by atoms with Crippen LogP contribution in [-0.4, -0.2) is 35.7 Å². The molecule has 0 radical (unpaired) electrons. The minimum atomic E-state index is -0.840. The molecule has 1 fully saturated rings. The molecule has 5 nitrogen and oxygen atoms in total. The number of aryl methyl sites for hydroxylation is 1. The fourth-order valence-corrected chi connectivity index (χ4v) is 3.60. The van der Waals surface area contributed by atoms with Crippen LogP contribution in [0.3, 0.4) is 0 Å². The van der Waals surface area contributed by atoms with Crippen molar-refractivity contribution in [3.8, 4) is 0 Å². The summed E-state index contributed by atoms with van der Waals surface area (Å²) in [7, 11) is 1.32. The van der Waals surface area contributed by atoms with Gasteiger partial charge in [-0.05, 0) is 37.8 Å². The van der Waals surface area contributed by atoms with E-state index in [9.17, 15) is 9.59 Å². The van der Waals surface area contributed by atoms with Crippen LogP contribution in [0.5, 0.6) is 0 Å². The van der Waals surface area contributed by atoms with Gasteiger partial charge in [-0.3, -0.25) is 9.69 Å². The fraction of sp³-hybridized carbons (Fsp3) is 0.571. The van der Waals surface area contributed by atoms with Gasteiger partial charge in [0.2, 0.25) is 5.91 Å². The highest BCUT2D eigenvalue weighted by Crippen LogP contribution is 2.43. The topological polar surface area (TPSA) is 55.8 Å². The number of hydrogen-bond acceptors (Lipinski definition) is 5. The van der Waals surface area contributed by atoms with Gasteiger partial charge < -0.3 is 9.47 Å². The van der Waals surface area contributed by atoms with Crippen molar-refractivity contribution in [2.24, 2.45) is 0 Å². The standard InChI is InChI=1S/C14H19NO4S/c1-8-6-10(20-7-8)12-11(13(17)18-5)15(9(2)16)14(3,4)19-12/h6-7,11-12H,1-5H3/t11-,12+/m0/s1. The monoisotopic (exact) mass is 297 g/mol. The number of carbonyl (C=O) groups excluding carboxylic acids is 2. The summed E-state index contributed by atoms with van der Waals surface area (Å²) in [5.74, 6) is -0.664. The molecule has 1 amide bonds. The Labute approximate surface area is 122 Å². The van der Waals surface area contributed by atoms with Crippen LogP contribution in [0, 0.1) is 6.92 Å². The second-order valence-electron chi connectivity index (χ2n) is 5.37. The maximum atomic E-state index is 12.1. The van der Waals surface area contributed by atoms with Crippen molar-refractivity contribution in [3.05, 3.63) is 21.9 Å². The highest BCUT2D eigenvalue weighted by atomic mass is 32.1. The van der Waals surface area contributed by atoms with Crippen LogP contribution in [0.15, 0.2) is 11.4 Å². The first-order chi connectivity index (χ1) is 9.27. The predicted octanol–water partition coefficient (Wildman–Crippen LogP) is 2.25. The predicted molar refractivity (Wildman–Crippen MR) is 75.3 cm³/mol. The summed E-state index contributed by atoms with van der Waals surface area (Å²) in [6.07, 6.45) is -0.486. The number of ether oxygens (including phenoxy) is 2. The van der Waals surface area contributed by atoms with Gasteiger partial charge in [-0.15, -0.1) is 11.3 Å². The van der Waals surface area contributed by atoms with Crippen LogP contribution < -0.4 is 0 Å². The minimum Gasteiger partial charge on any atom is -0.467 e. The molecule has 0 N–H and O–H groups in total. The Balaban J connectivity index is 2.45. The van der Waals surface area contributed by atoms with Gasteiger partial charge in [0.1, 0.15) is 11.8 Å². The maximum absolute atomic E-state index is 12.1. The van der Waals surface area contributed by atoms with Crippen molar-refractivity contribution < 1.29 is 19.1 Å². The zero-order chi connectivity index (χ0) is 15.1. The number of rotatable bonds is 2. The number of methoxy groups -OCH3 is 1. The van der Waals surface area contributed by atoms with Gasteiger partial charge in [-0.2, -0.15) is 0 Å². The van der Waals surface area contributed by atoms with Crippen molar-refractivity contribution in [1.29, 1.82) is 0 Å². The molecule has 6 heteroatoms. The Morgan fingerprint density at radius 1 is 1.45 bits per heavy atom.